The first-order valence-corrected chi connectivity index (χ1v) is 7.60. The standard InChI is InChI=1S/C17H21N3O4/c1-10(2)17(23)19-14-7-12(5-6-15(14)24-4)18-13-8-16(22)20(9-13)11(3)21/h5-8,10,18H,9H2,1-4H3,(H,19,23). The van der Waals surface area contributed by atoms with Gasteiger partial charge in [-0.2, -0.15) is 0 Å². The van der Waals surface area contributed by atoms with Crippen LogP contribution in [-0.4, -0.2) is 36.3 Å². The van der Waals surface area contributed by atoms with Crippen molar-refractivity contribution in [3.8, 4) is 5.75 Å². The number of carbonyl (C=O) groups is 3. The van der Waals surface area contributed by atoms with Gasteiger partial charge in [0.1, 0.15) is 5.75 Å². The summed E-state index contributed by atoms with van der Waals surface area (Å²) in [6.07, 6.45) is 1.39. The molecular formula is C17H21N3O4. The van der Waals surface area contributed by atoms with Crippen LogP contribution in [-0.2, 0) is 14.4 Å². The Kier molecular flexibility index (Phi) is 5.23. The largest absolute Gasteiger partial charge is 0.495 e. The van der Waals surface area contributed by atoms with Crippen LogP contribution in [0.1, 0.15) is 20.8 Å². The van der Waals surface area contributed by atoms with Gasteiger partial charge in [-0.15, -0.1) is 0 Å². The summed E-state index contributed by atoms with van der Waals surface area (Å²) in [4.78, 5) is 36.1. The van der Waals surface area contributed by atoms with Gasteiger partial charge in [0, 0.05) is 30.3 Å². The molecule has 0 unspecified atom stereocenters. The number of hydrogen-bond donors (Lipinski definition) is 2. The Morgan fingerprint density at radius 2 is 2.00 bits per heavy atom. The summed E-state index contributed by atoms with van der Waals surface area (Å²) >= 11 is 0. The van der Waals surface area contributed by atoms with Crippen molar-refractivity contribution in [3.63, 3.8) is 0 Å². The second kappa shape index (κ2) is 7.16. The molecular weight excluding hydrogens is 310 g/mol. The molecule has 1 aromatic rings. The lowest BCUT2D eigenvalue weighted by molar-refractivity contribution is -0.138. The molecule has 0 saturated heterocycles. The van der Waals surface area contributed by atoms with Gasteiger partial charge in [0.25, 0.3) is 5.91 Å². The number of carbonyl (C=O) groups excluding carboxylic acids is 3. The van der Waals surface area contributed by atoms with Crippen molar-refractivity contribution >= 4 is 29.1 Å². The summed E-state index contributed by atoms with van der Waals surface area (Å²) in [5.74, 6) is -0.384. The van der Waals surface area contributed by atoms with Crippen molar-refractivity contribution < 1.29 is 19.1 Å². The van der Waals surface area contributed by atoms with E-state index >= 15 is 0 Å². The lowest BCUT2D eigenvalue weighted by atomic mass is 10.2. The highest BCUT2D eigenvalue weighted by Gasteiger charge is 2.24. The first kappa shape index (κ1) is 17.5. The molecule has 1 aromatic carbocycles. The molecule has 7 heteroatoms. The molecule has 0 aliphatic carbocycles. The third-order valence-electron chi connectivity index (χ3n) is 3.56. The van der Waals surface area contributed by atoms with E-state index in [1.54, 1.807) is 32.0 Å². The summed E-state index contributed by atoms with van der Waals surface area (Å²) in [7, 11) is 1.52. The van der Waals surface area contributed by atoms with E-state index in [1.165, 1.54) is 20.1 Å². The maximum Gasteiger partial charge on any atom is 0.255 e. The Morgan fingerprint density at radius 1 is 1.29 bits per heavy atom. The lowest BCUT2D eigenvalue weighted by Crippen LogP contribution is -2.31. The van der Waals surface area contributed by atoms with E-state index in [1.807, 2.05) is 0 Å². The number of anilines is 2. The number of amides is 3. The van der Waals surface area contributed by atoms with Crippen LogP contribution >= 0.6 is 0 Å². The van der Waals surface area contributed by atoms with Gasteiger partial charge in [-0.05, 0) is 18.2 Å². The third-order valence-corrected chi connectivity index (χ3v) is 3.56. The van der Waals surface area contributed by atoms with Crippen molar-refractivity contribution in [1.29, 1.82) is 0 Å². The zero-order valence-corrected chi connectivity index (χ0v) is 14.2. The maximum atomic E-state index is 11.9. The summed E-state index contributed by atoms with van der Waals surface area (Å²) in [5, 5.41) is 5.90. The first-order chi connectivity index (χ1) is 11.3. The topological polar surface area (TPSA) is 87.7 Å². The Morgan fingerprint density at radius 3 is 2.54 bits per heavy atom. The number of imide groups is 1. The van der Waals surface area contributed by atoms with Gasteiger partial charge in [0.2, 0.25) is 11.8 Å². The molecule has 0 atom stereocenters. The Hall–Kier alpha value is -2.83. The normalized spacial score (nSPS) is 13.8. The monoisotopic (exact) mass is 331 g/mol. The second-order valence-corrected chi connectivity index (χ2v) is 5.80. The summed E-state index contributed by atoms with van der Waals surface area (Å²) < 4.78 is 5.25. The highest BCUT2D eigenvalue weighted by Crippen LogP contribution is 2.29. The van der Waals surface area contributed by atoms with E-state index in [9.17, 15) is 14.4 Å². The SMILES string of the molecule is COc1ccc(NC2=CC(=O)N(C(C)=O)C2)cc1NC(=O)C(C)C. The smallest absolute Gasteiger partial charge is 0.255 e. The lowest BCUT2D eigenvalue weighted by Gasteiger charge is -2.15. The quantitative estimate of drug-likeness (QED) is 0.861. The molecule has 0 fully saturated rings. The molecule has 1 heterocycles. The Bertz CT molecular complexity index is 710. The number of ether oxygens (including phenoxy) is 1. The number of nitrogens with one attached hydrogen (secondary N) is 2. The average molecular weight is 331 g/mol. The van der Waals surface area contributed by atoms with Crippen LogP contribution in [0.15, 0.2) is 30.0 Å². The van der Waals surface area contributed by atoms with Crippen LogP contribution in [0.4, 0.5) is 11.4 Å². The van der Waals surface area contributed by atoms with Gasteiger partial charge in [0.15, 0.2) is 0 Å². The molecule has 0 saturated carbocycles. The van der Waals surface area contributed by atoms with E-state index in [-0.39, 0.29) is 30.2 Å². The van der Waals surface area contributed by atoms with Crippen LogP contribution in [0.25, 0.3) is 0 Å². The summed E-state index contributed by atoms with van der Waals surface area (Å²) in [5.41, 5.74) is 1.83. The molecule has 0 radical (unpaired) electrons. The predicted molar refractivity (Wildman–Crippen MR) is 90.6 cm³/mol. The van der Waals surface area contributed by atoms with Crippen LogP contribution in [0.5, 0.6) is 5.75 Å². The fourth-order valence-electron chi connectivity index (χ4n) is 2.21. The molecule has 7 nitrogen and oxygen atoms in total. The molecule has 1 aliphatic heterocycles. The molecule has 2 rings (SSSR count). The van der Waals surface area contributed by atoms with E-state index in [4.69, 9.17) is 4.74 Å². The van der Waals surface area contributed by atoms with Crippen molar-refractivity contribution in [3.05, 3.63) is 30.0 Å². The average Bonchev–Trinajstić information content (AvgIpc) is 2.88. The van der Waals surface area contributed by atoms with Crippen molar-refractivity contribution in [2.45, 2.75) is 20.8 Å². The van der Waals surface area contributed by atoms with Gasteiger partial charge < -0.3 is 15.4 Å². The second-order valence-electron chi connectivity index (χ2n) is 5.80. The minimum absolute atomic E-state index is 0.122. The van der Waals surface area contributed by atoms with Crippen LogP contribution in [0.2, 0.25) is 0 Å². The van der Waals surface area contributed by atoms with Crippen LogP contribution < -0.4 is 15.4 Å². The molecule has 2 N–H and O–H groups in total. The fraction of sp³-hybridized carbons (Fsp3) is 0.353. The van der Waals surface area contributed by atoms with Gasteiger partial charge in [0.05, 0.1) is 19.3 Å². The highest BCUT2D eigenvalue weighted by atomic mass is 16.5. The predicted octanol–water partition coefficient (Wildman–Crippen LogP) is 1.97. The minimum Gasteiger partial charge on any atom is -0.495 e. The van der Waals surface area contributed by atoms with Crippen molar-refractivity contribution in [1.82, 2.24) is 4.90 Å². The summed E-state index contributed by atoms with van der Waals surface area (Å²) in [6.45, 7) is 5.15. The van der Waals surface area contributed by atoms with E-state index < -0.39 is 0 Å². The van der Waals surface area contributed by atoms with Crippen molar-refractivity contribution in [2.24, 2.45) is 5.92 Å². The van der Waals surface area contributed by atoms with E-state index in [0.717, 1.165) is 4.90 Å². The molecule has 24 heavy (non-hydrogen) atoms. The first-order valence-electron chi connectivity index (χ1n) is 7.60. The van der Waals surface area contributed by atoms with Gasteiger partial charge >= 0.3 is 0 Å². The molecule has 0 aromatic heterocycles. The van der Waals surface area contributed by atoms with Gasteiger partial charge in [-0.1, -0.05) is 13.8 Å². The van der Waals surface area contributed by atoms with E-state index in [2.05, 4.69) is 10.6 Å². The third kappa shape index (κ3) is 3.92. The molecule has 0 spiro atoms. The number of rotatable bonds is 5. The van der Waals surface area contributed by atoms with Gasteiger partial charge in [-0.25, -0.2) is 0 Å². The molecule has 3 amide bonds. The van der Waals surface area contributed by atoms with Gasteiger partial charge in [-0.3, -0.25) is 19.3 Å². The number of hydrogen-bond acceptors (Lipinski definition) is 5. The highest BCUT2D eigenvalue weighted by molar-refractivity contribution is 6.03. The van der Waals surface area contributed by atoms with Crippen LogP contribution in [0.3, 0.4) is 0 Å². The van der Waals surface area contributed by atoms with Crippen molar-refractivity contribution in [2.75, 3.05) is 24.3 Å². The zero-order chi connectivity index (χ0) is 17.9. The Balaban J connectivity index is 2.17. The number of methoxy groups -OCH3 is 1. The van der Waals surface area contributed by atoms with Crippen LogP contribution in [0, 0.1) is 5.92 Å². The molecule has 0 bridgehead atoms. The maximum absolute atomic E-state index is 11.9. The molecule has 128 valence electrons. The number of benzene rings is 1. The minimum atomic E-state index is -0.341. The fourth-order valence-corrected chi connectivity index (χ4v) is 2.21. The zero-order valence-electron chi connectivity index (χ0n) is 14.2. The Labute approximate surface area is 140 Å². The number of nitrogens with zero attached hydrogens (tertiary/aromatic N) is 1. The molecule has 1 aliphatic rings. The van der Waals surface area contributed by atoms with E-state index in [0.29, 0.717) is 22.8 Å². The summed E-state index contributed by atoms with van der Waals surface area (Å²) in [6, 6.07) is 5.21.